The number of aliphatic carboxylic acids is 3. The fraction of sp³-hybridized carbons (Fsp3) is 0.944. The minimum atomic E-state index is -0.903. The summed E-state index contributed by atoms with van der Waals surface area (Å²) in [4.78, 5) is 30.8. The number of carboxylic acids is 3. The van der Waals surface area contributed by atoms with Gasteiger partial charge in [-0.15, -0.1) is 0 Å². The third-order valence-electron chi connectivity index (χ3n) is 12.0. The van der Waals surface area contributed by atoms with Gasteiger partial charge in [0, 0.05) is 18.4 Å². The van der Waals surface area contributed by atoms with Gasteiger partial charge in [0.05, 0.1) is 6.10 Å². The molecule has 0 aliphatic heterocycles. The van der Waals surface area contributed by atoms with Gasteiger partial charge >= 0.3 is 29.0 Å². The van der Waals surface area contributed by atoms with Crippen molar-refractivity contribution in [3.05, 3.63) is 0 Å². The van der Waals surface area contributed by atoms with Gasteiger partial charge in [-0.3, -0.25) is 4.79 Å². The molecule has 0 bridgehead atoms. The molecule has 0 aromatic heterocycles. The third kappa shape index (κ3) is 73.5. The van der Waals surface area contributed by atoms with Crippen LogP contribution < -0.4 is 10.2 Å². The number of carboxylic acid groups (broad SMARTS) is 3. The molecule has 1 unspecified atom stereocenters. The number of aliphatic hydroxyl groups is 1. The summed E-state index contributed by atoms with van der Waals surface area (Å²) in [5, 5.41) is 38.8. The zero-order chi connectivity index (χ0) is 45.5. The van der Waals surface area contributed by atoms with Gasteiger partial charge in [-0.2, -0.15) is 0 Å². The average Bonchev–Trinajstić information content (AvgIpc) is 3.23. The SMILES string of the molecule is CCCCCCC(O)CCCCCCCCCCC(=O)O.CCCCCCCCCCCCCCCCCC(=O)[O-].CCCCCCCCCCCCCCCCCC(=O)[O-].[Mg+2]. The van der Waals surface area contributed by atoms with E-state index in [9.17, 15) is 29.7 Å². The Kier molecular flexibility index (Phi) is 68.0. The minimum Gasteiger partial charge on any atom is -0.550 e. The Hall–Kier alpha value is -0.864. The number of rotatable bonds is 48. The van der Waals surface area contributed by atoms with E-state index in [1.54, 1.807) is 0 Å². The fourth-order valence-electron chi connectivity index (χ4n) is 7.95. The van der Waals surface area contributed by atoms with Gasteiger partial charge in [0.15, 0.2) is 0 Å². The summed E-state index contributed by atoms with van der Waals surface area (Å²) in [6.07, 6.45) is 56.0. The first-order valence-corrected chi connectivity index (χ1v) is 27.0. The Bertz CT molecular complexity index is 811. The zero-order valence-corrected chi connectivity index (χ0v) is 43.4. The summed E-state index contributed by atoms with van der Waals surface area (Å²) >= 11 is 0. The maximum absolute atomic E-state index is 10.3. The van der Waals surface area contributed by atoms with Crippen molar-refractivity contribution in [3.63, 3.8) is 0 Å². The van der Waals surface area contributed by atoms with Crippen LogP contribution in [0.3, 0.4) is 0 Å². The van der Waals surface area contributed by atoms with Crippen molar-refractivity contribution < 1.29 is 34.8 Å². The Morgan fingerprint density at radius 3 is 0.710 bits per heavy atom. The molecule has 0 heterocycles. The van der Waals surface area contributed by atoms with Crippen LogP contribution in [0, 0.1) is 0 Å². The second-order valence-electron chi connectivity index (χ2n) is 18.4. The Labute approximate surface area is 402 Å². The van der Waals surface area contributed by atoms with Crippen LogP contribution in [0.5, 0.6) is 0 Å². The standard InChI is InChI=1S/C18H36O3.2C18H36O2.Mg/c1-2-3-4-11-14-17(19)15-12-9-7-5-6-8-10-13-16-18(20)21;2*1-2-3-4-5-6-7-8-9-10-11-12-13-14-15-16-17-18(19)20;/h17,19H,2-16H2,1H3,(H,20,21);2*2-17H2,1H3,(H,19,20);/q;;;+2/p-2. The van der Waals surface area contributed by atoms with E-state index in [2.05, 4.69) is 20.8 Å². The van der Waals surface area contributed by atoms with Gasteiger partial charge in [0.1, 0.15) is 0 Å². The first-order valence-electron chi connectivity index (χ1n) is 27.0. The molecule has 0 rings (SSSR count). The summed E-state index contributed by atoms with van der Waals surface area (Å²) < 4.78 is 0. The van der Waals surface area contributed by atoms with Gasteiger partial charge in [0.2, 0.25) is 0 Å². The largest absolute Gasteiger partial charge is 2.00 e. The van der Waals surface area contributed by atoms with E-state index in [4.69, 9.17) is 5.11 Å². The predicted molar refractivity (Wildman–Crippen MR) is 263 cm³/mol. The fourth-order valence-corrected chi connectivity index (χ4v) is 7.95. The van der Waals surface area contributed by atoms with E-state index in [1.807, 2.05) is 0 Å². The van der Waals surface area contributed by atoms with Crippen LogP contribution in [-0.4, -0.2) is 57.3 Å². The molecule has 2 N–H and O–H groups in total. The number of aliphatic hydroxyl groups excluding tert-OH is 1. The predicted octanol–water partition coefficient (Wildman–Crippen LogP) is 14.9. The van der Waals surface area contributed by atoms with E-state index in [-0.39, 0.29) is 42.0 Å². The summed E-state index contributed by atoms with van der Waals surface area (Å²) in [6.45, 7) is 6.75. The maximum atomic E-state index is 10.3. The first-order chi connectivity index (χ1) is 29.7. The number of carbonyl (C=O) groups is 3. The van der Waals surface area contributed by atoms with Crippen molar-refractivity contribution in [2.24, 2.45) is 0 Å². The Morgan fingerprint density at radius 2 is 0.500 bits per heavy atom. The molecule has 0 aliphatic carbocycles. The zero-order valence-electron chi connectivity index (χ0n) is 42.0. The van der Waals surface area contributed by atoms with Gasteiger partial charge in [-0.05, 0) is 44.9 Å². The number of hydrogen-bond donors (Lipinski definition) is 2. The molecule has 1 atom stereocenters. The van der Waals surface area contributed by atoms with Crippen molar-refractivity contribution in [2.75, 3.05) is 0 Å². The van der Waals surface area contributed by atoms with Crippen LogP contribution in [0.15, 0.2) is 0 Å². The van der Waals surface area contributed by atoms with E-state index >= 15 is 0 Å². The van der Waals surface area contributed by atoms with E-state index < -0.39 is 17.9 Å². The van der Waals surface area contributed by atoms with Crippen LogP contribution in [0.4, 0.5) is 0 Å². The molecule has 0 aliphatic rings. The molecule has 0 spiro atoms. The molecule has 366 valence electrons. The van der Waals surface area contributed by atoms with Crippen LogP contribution in [-0.2, 0) is 14.4 Å². The number of carbonyl (C=O) groups excluding carboxylic acids is 2. The van der Waals surface area contributed by atoms with Gasteiger partial charge < -0.3 is 30.0 Å². The van der Waals surface area contributed by atoms with Gasteiger partial charge in [0.25, 0.3) is 0 Å². The third-order valence-corrected chi connectivity index (χ3v) is 12.0. The second-order valence-corrected chi connectivity index (χ2v) is 18.4. The first kappa shape index (κ1) is 67.7. The molecule has 0 aromatic carbocycles. The molecule has 0 aromatic rings. The van der Waals surface area contributed by atoms with Crippen LogP contribution in [0.2, 0.25) is 0 Å². The van der Waals surface area contributed by atoms with Crippen molar-refractivity contribution in [2.45, 2.75) is 329 Å². The monoisotopic (exact) mass is 891 g/mol. The Balaban J connectivity index is -0.000000404. The number of hydrogen-bond acceptors (Lipinski definition) is 6. The quantitative estimate of drug-likeness (QED) is 0.0458. The molecule has 7 nitrogen and oxygen atoms in total. The van der Waals surface area contributed by atoms with Crippen LogP contribution >= 0.6 is 0 Å². The molecule has 0 amide bonds. The molecular formula is C54H106MgO7. The van der Waals surface area contributed by atoms with Crippen molar-refractivity contribution >= 4 is 41.0 Å². The van der Waals surface area contributed by atoms with E-state index in [0.717, 1.165) is 64.2 Å². The second kappa shape index (κ2) is 62.2. The maximum Gasteiger partial charge on any atom is 2.00 e. The van der Waals surface area contributed by atoms with E-state index in [1.165, 1.54) is 218 Å². The smallest absolute Gasteiger partial charge is 0.550 e. The molecule has 0 radical (unpaired) electrons. The average molecular weight is 892 g/mol. The van der Waals surface area contributed by atoms with Crippen molar-refractivity contribution in [3.8, 4) is 0 Å². The molecule has 62 heavy (non-hydrogen) atoms. The summed E-state index contributed by atoms with van der Waals surface area (Å²) in [5.74, 6) is -2.48. The molecule has 0 saturated heterocycles. The summed E-state index contributed by atoms with van der Waals surface area (Å²) in [5.41, 5.74) is 0. The topological polar surface area (TPSA) is 138 Å². The van der Waals surface area contributed by atoms with Gasteiger partial charge in [-0.25, -0.2) is 0 Å². The summed E-state index contributed by atoms with van der Waals surface area (Å²) in [6, 6.07) is 0. The normalized spacial score (nSPS) is 11.2. The summed E-state index contributed by atoms with van der Waals surface area (Å²) in [7, 11) is 0. The van der Waals surface area contributed by atoms with Gasteiger partial charge in [-0.1, -0.05) is 271 Å². The van der Waals surface area contributed by atoms with Crippen LogP contribution in [0.1, 0.15) is 323 Å². The Morgan fingerprint density at radius 1 is 0.323 bits per heavy atom. The van der Waals surface area contributed by atoms with E-state index in [0.29, 0.717) is 6.42 Å². The molecule has 8 heteroatoms. The van der Waals surface area contributed by atoms with Crippen LogP contribution in [0.25, 0.3) is 0 Å². The van der Waals surface area contributed by atoms with Crippen molar-refractivity contribution in [1.82, 2.24) is 0 Å². The van der Waals surface area contributed by atoms with Crippen molar-refractivity contribution in [1.29, 1.82) is 0 Å². The molecule has 0 fully saturated rings. The molecule has 0 saturated carbocycles. The minimum absolute atomic E-state index is 0. The number of unbranched alkanes of at least 4 members (excludes halogenated alkanes) is 38. The molecular weight excluding hydrogens is 785 g/mol.